The Morgan fingerprint density at radius 1 is 1.00 bits per heavy atom. The topological polar surface area (TPSA) is 41.7 Å². The van der Waals surface area contributed by atoms with Crippen LogP contribution < -0.4 is 5.32 Å². The van der Waals surface area contributed by atoms with Gasteiger partial charge < -0.3 is 9.88 Å². The van der Waals surface area contributed by atoms with E-state index < -0.39 is 0 Å². The molecule has 0 fully saturated rings. The summed E-state index contributed by atoms with van der Waals surface area (Å²) in [6.07, 6.45) is 0. The number of nitrogens with zero attached hydrogens (tertiary/aromatic N) is 3. The Labute approximate surface area is 116 Å². The summed E-state index contributed by atoms with van der Waals surface area (Å²) in [5, 5.41) is 12.9. The highest BCUT2D eigenvalue weighted by molar-refractivity contribution is 5.99. The van der Waals surface area contributed by atoms with Crippen LogP contribution in [0.1, 0.15) is 5.56 Å². The normalized spacial score (nSPS) is 13.2. The Morgan fingerprint density at radius 2 is 1.80 bits per heavy atom. The van der Waals surface area contributed by atoms with E-state index in [2.05, 4.69) is 62.6 Å². The predicted molar refractivity (Wildman–Crippen MR) is 80.5 cm³/mol. The van der Waals surface area contributed by atoms with Crippen LogP contribution in [0.3, 0.4) is 0 Å². The van der Waals surface area contributed by atoms with Crippen molar-refractivity contribution in [3.05, 3.63) is 60.2 Å². The molecule has 0 saturated heterocycles. The van der Waals surface area contributed by atoms with Crippen LogP contribution in [0.5, 0.6) is 0 Å². The molecule has 0 unspecified atom stereocenters. The maximum atomic E-state index is 4.33. The SMILES string of the molecule is c1ccc(Cn2c3c(c4ccccc42)N=NCN3)cc1. The zero-order valence-corrected chi connectivity index (χ0v) is 11.0. The van der Waals surface area contributed by atoms with E-state index in [-0.39, 0.29) is 0 Å². The van der Waals surface area contributed by atoms with Crippen molar-refractivity contribution < 1.29 is 0 Å². The lowest BCUT2D eigenvalue weighted by Crippen LogP contribution is -2.09. The van der Waals surface area contributed by atoms with E-state index >= 15 is 0 Å². The first-order chi connectivity index (χ1) is 9.93. The van der Waals surface area contributed by atoms with Gasteiger partial charge in [0.15, 0.2) is 0 Å². The molecule has 0 spiro atoms. The van der Waals surface area contributed by atoms with Gasteiger partial charge in [0, 0.05) is 11.9 Å². The highest BCUT2D eigenvalue weighted by Gasteiger charge is 2.18. The summed E-state index contributed by atoms with van der Waals surface area (Å²) in [7, 11) is 0. The Bertz CT molecular complexity index is 787. The molecule has 0 aliphatic carbocycles. The molecule has 2 aromatic carbocycles. The second kappa shape index (κ2) is 4.49. The van der Waals surface area contributed by atoms with Crippen molar-refractivity contribution in [3.63, 3.8) is 0 Å². The highest BCUT2D eigenvalue weighted by Crippen LogP contribution is 2.39. The first-order valence-corrected chi connectivity index (χ1v) is 6.70. The van der Waals surface area contributed by atoms with Crippen LogP contribution in [-0.2, 0) is 6.54 Å². The lowest BCUT2D eigenvalue weighted by Gasteiger charge is -2.13. The summed E-state index contributed by atoms with van der Waals surface area (Å²) in [5.41, 5.74) is 3.41. The highest BCUT2D eigenvalue weighted by atomic mass is 15.3. The molecule has 4 rings (SSSR count). The van der Waals surface area contributed by atoms with Gasteiger partial charge in [-0.2, -0.15) is 5.11 Å². The molecule has 4 nitrogen and oxygen atoms in total. The van der Waals surface area contributed by atoms with Crippen molar-refractivity contribution in [2.24, 2.45) is 10.2 Å². The minimum absolute atomic E-state index is 0.540. The molecule has 4 heteroatoms. The average molecular weight is 262 g/mol. The van der Waals surface area contributed by atoms with Crippen LogP contribution in [0, 0.1) is 0 Å². The Kier molecular flexibility index (Phi) is 2.52. The molecule has 1 N–H and O–H groups in total. The molecule has 3 aromatic rings. The van der Waals surface area contributed by atoms with Gasteiger partial charge in [-0.05, 0) is 11.6 Å². The molecule has 2 heterocycles. The number of rotatable bonds is 2. The summed E-state index contributed by atoms with van der Waals surface area (Å²) >= 11 is 0. The van der Waals surface area contributed by atoms with Gasteiger partial charge in [-0.15, -0.1) is 5.11 Å². The summed E-state index contributed by atoms with van der Waals surface area (Å²) in [6, 6.07) is 18.8. The van der Waals surface area contributed by atoms with E-state index in [4.69, 9.17) is 0 Å². The molecule has 1 aromatic heterocycles. The van der Waals surface area contributed by atoms with E-state index in [0.717, 1.165) is 23.4 Å². The van der Waals surface area contributed by atoms with E-state index in [0.29, 0.717) is 6.67 Å². The average Bonchev–Trinajstić information content (AvgIpc) is 2.84. The number of nitrogens with one attached hydrogen (secondary N) is 1. The van der Waals surface area contributed by atoms with Gasteiger partial charge in [0.2, 0.25) is 0 Å². The first kappa shape index (κ1) is 11.2. The van der Waals surface area contributed by atoms with Crippen molar-refractivity contribution >= 4 is 22.4 Å². The van der Waals surface area contributed by atoms with Gasteiger partial charge in [0.05, 0.1) is 5.52 Å². The Morgan fingerprint density at radius 3 is 2.70 bits per heavy atom. The van der Waals surface area contributed by atoms with Gasteiger partial charge in [-0.1, -0.05) is 48.5 Å². The van der Waals surface area contributed by atoms with Gasteiger partial charge >= 0.3 is 0 Å². The predicted octanol–water partition coefficient (Wildman–Crippen LogP) is 4.16. The van der Waals surface area contributed by atoms with E-state index in [1.54, 1.807) is 0 Å². The molecule has 0 saturated carbocycles. The molecule has 20 heavy (non-hydrogen) atoms. The summed E-state index contributed by atoms with van der Waals surface area (Å²) < 4.78 is 2.28. The van der Waals surface area contributed by atoms with E-state index in [1.165, 1.54) is 11.1 Å². The second-order valence-corrected chi connectivity index (χ2v) is 4.86. The number of fused-ring (bicyclic) bond motifs is 3. The maximum Gasteiger partial charge on any atom is 0.137 e. The number of benzene rings is 2. The van der Waals surface area contributed by atoms with Gasteiger partial charge in [0.25, 0.3) is 0 Å². The van der Waals surface area contributed by atoms with Crippen LogP contribution >= 0.6 is 0 Å². The van der Waals surface area contributed by atoms with E-state index in [1.807, 2.05) is 12.1 Å². The number of hydrogen-bond acceptors (Lipinski definition) is 3. The second-order valence-electron chi connectivity index (χ2n) is 4.86. The van der Waals surface area contributed by atoms with Crippen molar-refractivity contribution in [2.75, 3.05) is 12.0 Å². The number of aromatic nitrogens is 1. The molecular formula is C16H14N4. The number of hydrogen-bond donors (Lipinski definition) is 1. The third kappa shape index (κ3) is 1.69. The van der Waals surface area contributed by atoms with Gasteiger partial charge in [0.1, 0.15) is 18.2 Å². The Balaban J connectivity index is 1.92. The third-order valence-electron chi connectivity index (χ3n) is 3.62. The summed E-state index contributed by atoms with van der Waals surface area (Å²) in [4.78, 5) is 0. The smallest absolute Gasteiger partial charge is 0.137 e. The zero-order valence-electron chi connectivity index (χ0n) is 11.0. The summed E-state index contributed by atoms with van der Waals surface area (Å²) in [5.74, 6) is 1.06. The molecule has 0 radical (unpaired) electrons. The molecule has 0 amide bonds. The molecule has 0 atom stereocenters. The quantitative estimate of drug-likeness (QED) is 0.740. The van der Waals surface area contributed by atoms with Crippen molar-refractivity contribution in [1.29, 1.82) is 0 Å². The largest absolute Gasteiger partial charge is 0.349 e. The molecule has 0 bridgehead atoms. The van der Waals surface area contributed by atoms with Crippen LogP contribution in [0.25, 0.3) is 10.9 Å². The number of azo groups is 1. The third-order valence-corrected chi connectivity index (χ3v) is 3.62. The standard InChI is InChI=1S/C16H14N4/c1-2-6-12(7-3-1)10-20-14-9-5-4-8-13(14)15-16(20)17-11-18-19-15/h1-9,17H,10-11H2. The fourth-order valence-electron chi connectivity index (χ4n) is 2.71. The maximum absolute atomic E-state index is 4.33. The molecular weight excluding hydrogens is 248 g/mol. The van der Waals surface area contributed by atoms with Crippen molar-refractivity contribution in [2.45, 2.75) is 6.54 Å². The van der Waals surface area contributed by atoms with Gasteiger partial charge in [-0.3, -0.25) is 0 Å². The van der Waals surface area contributed by atoms with Crippen molar-refractivity contribution in [1.82, 2.24) is 4.57 Å². The van der Waals surface area contributed by atoms with E-state index in [9.17, 15) is 0 Å². The van der Waals surface area contributed by atoms with Gasteiger partial charge in [-0.25, -0.2) is 0 Å². The van der Waals surface area contributed by atoms with Crippen LogP contribution in [0.2, 0.25) is 0 Å². The molecule has 98 valence electrons. The minimum Gasteiger partial charge on any atom is -0.349 e. The summed E-state index contributed by atoms with van der Waals surface area (Å²) in [6.45, 7) is 1.37. The fourth-order valence-corrected chi connectivity index (χ4v) is 2.71. The lowest BCUT2D eigenvalue weighted by atomic mass is 10.2. The Hall–Kier alpha value is -2.62. The number of para-hydroxylation sites is 1. The van der Waals surface area contributed by atoms with Crippen molar-refractivity contribution in [3.8, 4) is 0 Å². The molecule has 1 aliphatic heterocycles. The lowest BCUT2D eigenvalue weighted by molar-refractivity contribution is 0.822. The fraction of sp³-hybridized carbons (Fsp3) is 0.125. The molecule has 1 aliphatic rings. The minimum atomic E-state index is 0.540. The monoisotopic (exact) mass is 262 g/mol. The van der Waals surface area contributed by atoms with Crippen LogP contribution in [-0.4, -0.2) is 11.2 Å². The number of anilines is 1. The van der Waals surface area contributed by atoms with Crippen LogP contribution in [0.4, 0.5) is 11.5 Å². The van der Waals surface area contributed by atoms with Crippen LogP contribution in [0.15, 0.2) is 64.8 Å². The first-order valence-electron chi connectivity index (χ1n) is 6.70. The zero-order chi connectivity index (χ0) is 13.4.